The molecule has 1 aromatic rings. The van der Waals surface area contributed by atoms with Crippen LogP contribution in [0.4, 0.5) is 0 Å². The van der Waals surface area contributed by atoms with E-state index in [2.05, 4.69) is 46.1 Å². The van der Waals surface area contributed by atoms with Gasteiger partial charge in [0.15, 0.2) is 5.96 Å². The summed E-state index contributed by atoms with van der Waals surface area (Å²) in [5.41, 5.74) is 2.27. The third-order valence-corrected chi connectivity index (χ3v) is 4.89. The van der Waals surface area contributed by atoms with E-state index >= 15 is 0 Å². The third kappa shape index (κ3) is 7.12. The second-order valence-corrected chi connectivity index (χ2v) is 7.02. The molecule has 1 fully saturated rings. The molecule has 2 rings (SSSR count). The van der Waals surface area contributed by atoms with Crippen LogP contribution in [0.15, 0.2) is 23.2 Å². The van der Waals surface area contributed by atoms with Gasteiger partial charge >= 0.3 is 0 Å². The van der Waals surface area contributed by atoms with Crippen LogP contribution in [0, 0.1) is 12.8 Å². The number of benzene rings is 1. The molecule has 0 spiro atoms. The summed E-state index contributed by atoms with van der Waals surface area (Å²) >= 11 is 0. The summed E-state index contributed by atoms with van der Waals surface area (Å²) in [5, 5.41) is 9.58. The molecule has 0 heterocycles. The van der Waals surface area contributed by atoms with Gasteiger partial charge in [0.2, 0.25) is 5.91 Å². The average molecular weight is 375 g/mol. The van der Waals surface area contributed by atoms with E-state index in [-0.39, 0.29) is 11.8 Å². The van der Waals surface area contributed by atoms with Crippen molar-refractivity contribution in [2.24, 2.45) is 10.9 Å². The predicted octanol–water partition coefficient (Wildman–Crippen LogP) is 2.76. The van der Waals surface area contributed by atoms with Crippen LogP contribution in [0.5, 0.6) is 5.75 Å². The molecule has 0 radical (unpaired) electrons. The lowest BCUT2D eigenvalue weighted by Crippen LogP contribution is -2.42. The number of rotatable bonds is 8. The molecule has 0 saturated heterocycles. The zero-order valence-corrected chi connectivity index (χ0v) is 16.9. The lowest BCUT2D eigenvalue weighted by atomic mass is 9.89. The molecule has 0 aliphatic heterocycles. The van der Waals surface area contributed by atoms with Gasteiger partial charge in [-0.1, -0.05) is 31.4 Å². The van der Waals surface area contributed by atoms with Gasteiger partial charge in [-0.25, -0.2) is 0 Å². The minimum atomic E-state index is 0.195. The fourth-order valence-electron chi connectivity index (χ4n) is 3.37. The number of ether oxygens (including phenoxy) is 1. The molecule has 1 amide bonds. The topological polar surface area (TPSA) is 74.8 Å². The first-order valence-electron chi connectivity index (χ1n) is 10.1. The van der Waals surface area contributed by atoms with Gasteiger partial charge in [0.1, 0.15) is 5.75 Å². The number of hydrogen-bond acceptors (Lipinski definition) is 3. The Bertz CT molecular complexity index is 625. The van der Waals surface area contributed by atoms with Crippen molar-refractivity contribution in [2.75, 3.05) is 26.7 Å². The van der Waals surface area contributed by atoms with Gasteiger partial charge in [-0.3, -0.25) is 9.79 Å². The van der Waals surface area contributed by atoms with Crippen LogP contribution in [-0.4, -0.2) is 38.6 Å². The van der Waals surface area contributed by atoms with Crippen LogP contribution in [0.1, 0.15) is 50.2 Å². The summed E-state index contributed by atoms with van der Waals surface area (Å²) < 4.78 is 5.72. The van der Waals surface area contributed by atoms with Gasteiger partial charge in [0.25, 0.3) is 0 Å². The molecule has 6 heteroatoms. The second kappa shape index (κ2) is 11.5. The fraction of sp³-hybridized carbons (Fsp3) is 0.619. The molecular formula is C21H34N4O2. The van der Waals surface area contributed by atoms with E-state index in [0.29, 0.717) is 32.2 Å². The number of amides is 1. The van der Waals surface area contributed by atoms with E-state index in [1.165, 1.54) is 24.8 Å². The summed E-state index contributed by atoms with van der Waals surface area (Å²) in [5.74, 6) is 2.01. The second-order valence-electron chi connectivity index (χ2n) is 7.02. The number of hydrogen-bond donors (Lipinski definition) is 3. The Balaban J connectivity index is 1.72. The van der Waals surface area contributed by atoms with Crippen LogP contribution in [0.3, 0.4) is 0 Å². The molecule has 0 aromatic heterocycles. The average Bonchev–Trinajstić information content (AvgIpc) is 2.69. The minimum absolute atomic E-state index is 0.195. The van der Waals surface area contributed by atoms with Crippen molar-refractivity contribution in [3.05, 3.63) is 29.3 Å². The van der Waals surface area contributed by atoms with Gasteiger partial charge in [-0.2, -0.15) is 0 Å². The minimum Gasteiger partial charge on any atom is -0.494 e. The maximum Gasteiger partial charge on any atom is 0.223 e. The quantitative estimate of drug-likeness (QED) is 0.372. The molecule has 1 aliphatic carbocycles. The molecule has 1 aromatic carbocycles. The van der Waals surface area contributed by atoms with Gasteiger partial charge in [-0.05, 0) is 38.3 Å². The number of carbonyl (C=O) groups is 1. The Morgan fingerprint density at radius 3 is 2.59 bits per heavy atom. The molecule has 150 valence electrons. The molecule has 0 bridgehead atoms. The number of aryl methyl sites for hydroxylation is 1. The van der Waals surface area contributed by atoms with Crippen molar-refractivity contribution in [1.82, 2.24) is 16.0 Å². The van der Waals surface area contributed by atoms with Crippen molar-refractivity contribution in [3.63, 3.8) is 0 Å². The van der Waals surface area contributed by atoms with Crippen molar-refractivity contribution in [2.45, 2.75) is 52.5 Å². The van der Waals surface area contributed by atoms with Crippen LogP contribution in [-0.2, 0) is 11.3 Å². The summed E-state index contributed by atoms with van der Waals surface area (Å²) in [6.07, 6.45) is 5.67. The molecule has 0 atom stereocenters. The number of aliphatic imine (C=N–C) groups is 1. The van der Waals surface area contributed by atoms with E-state index in [1.807, 2.05) is 6.92 Å². The van der Waals surface area contributed by atoms with Gasteiger partial charge < -0.3 is 20.7 Å². The molecular weight excluding hydrogens is 340 g/mol. The van der Waals surface area contributed by atoms with Gasteiger partial charge in [-0.15, -0.1) is 0 Å². The molecule has 27 heavy (non-hydrogen) atoms. The Morgan fingerprint density at radius 1 is 1.15 bits per heavy atom. The Labute approximate surface area is 163 Å². The predicted molar refractivity (Wildman–Crippen MR) is 110 cm³/mol. The van der Waals surface area contributed by atoms with Gasteiger partial charge in [0.05, 0.1) is 6.61 Å². The van der Waals surface area contributed by atoms with Crippen molar-refractivity contribution in [1.29, 1.82) is 0 Å². The number of carbonyl (C=O) groups excluding carboxylic acids is 1. The first-order chi connectivity index (χ1) is 13.1. The monoisotopic (exact) mass is 374 g/mol. The van der Waals surface area contributed by atoms with E-state index < -0.39 is 0 Å². The SMILES string of the molecule is CCOc1cc(C)ccc1CNC(=NC)NCCNC(=O)C1CCCCC1. The highest BCUT2D eigenvalue weighted by Gasteiger charge is 2.20. The summed E-state index contributed by atoms with van der Waals surface area (Å²) in [7, 11) is 1.74. The maximum atomic E-state index is 12.2. The Kier molecular flexibility index (Phi) is 8.95. The summed E-state index contributed by atoms with van der Waals surface area (Å²) in [4.78, 5) is 16.4. The molecule has 1 aliphatic rings. The van der Waals surface area contributed by atoms with Crippen LogP contribution >= 0.6 is 0 Å². The fourth-order valence-corrected chi connectivity index (χ4v) is 3.37. The van der Waals surface area contributed by atoms with Crippen LogP contribution in [0.25, 0.3) is 0 Å². The maximum absolute atomic E-state index is 12.2. The van der Waals surface area contributed by atoms with Crippen molar-refractivity contribution in [3.8, 4) is 5.75 Å². The highest BCUT2D eigenvalue weighted by molar-refractivity contribution is 5.80. The molecule has 0 unspecified atom stereocenters. The number of nitrogens with zero attached hydrogens (tertiary/aromatic N) is 1. The summed E-state index contributed by atoms with van der Waals surface area (Å²) in [6, 6.07) is 6.21. The smallest absolute Gasteiger partial charge is 0.223 e. The van der Waals surface area contributed by atoms with E-state index in [1.54, 1.807) is 7.05 Å². The zero-order chi connectivity index (χ0) is 19.5. The van der Waals surface area contributed by atoms with E-state index in [9.17, 15) is 4.79 Å². The summed E-state index contributed by atoms with van der Waals surface area (Å²) in [6.45, 7) is 6.56. The third-order valence-electron chi connectivity index (χ3n) is 4.89. The van der Waals surface area contributed by atoms with Crippen LogP contribution < -0.4 is 20.7 Å². The molecule has 1 saturated carbocycles. The number of guanidine groups is 1. The van der Waals surface area contributed by atoms with Gasteiger partial charge in [0, 0.05) is 38.2 Å². The highest BCUT2D eigenvalue weighted by Crippen LogP contribution is 2.23. The first kappa shape index (κ1) is 21.1. The normalized spacial score (nSPS) is 15.3. The lowest BCUT2D eigenvalue weighted by molar-refractivity contribution is -0.125. The molecule has 3 N–H and O–H groups in total. The van der Waals surface area contributed by atoms with Crippen molar-refractivity contribution >= 4 is 11.9 Å². The number of nitrogens with one attached hydrogen (secondary N) is 3. The first-order valence-corrected chi connectivity index (χ1v) is 10.1. The lowest BCUT2D eigenvalue weighted by Gasteiger charge is -2.21. The van der Waals surface area contributed by atoms with E-state index in [4.69, 9.17) is 4.74 Å². The Morgan fingerprint density at radius 2 is 1.89 bits per heavy atom. The Hall–Kier alpha value is -2.24. The molecule has 6 nitrogen and oxygen atoms in total. The standard InChI is InChI=1S/C21H34N4O2/c1-4-27-19-14-16(2)10-11-18(19)15-25-21(22-3)24-13-12-23-20(26)17-8-6-5-7-9-17/h10-11,14,17H,4-9,12-13,15H2,1-3H3,(H,23,26)(H2,22,24,25). The van der Waals surface area contributed by atoms with Crippen LogP contribution in [0.2, 0.25) is 0 Å². The zero-order valence-electron chi connectivity index (χ0n) is 16.9. The largest absolute Gasteiger partial charge is 0.494 e. The highest BCUT2D eigenvalue weighted by atomic mass is 16.5. The van der Waals surface area contributed by atoms with E-state index in [0.717, 1.165) is 24.2 Å². The van der Waals surface area contributed by atoms with Crippen molar-refractivity contribution < 1.29 is 9.53 Å².